The quantitative estimate of drug-likeness (QED) is 0.433. The zero-order valence-electron chi connectivity index (χ0n) is 16.2. The van der Waals surface area contributed by atoms with E-state index in [1.54, 1.807) is 0 Å². The minimum Gasteiger partial charge on any atom is -0.491 e. The molecule has 0 amide bonds. The molecule has 4 rings (SSSR count). The summed E-state index contributed by atoms with van der Waals surface area (Å²) in [5, 5.41) is 9.03. The average molecular weight is 380 g/mol. The second-order valence-electron chi connectivity index (χ2n) is 6.94. The van der Waals surface area contributed by atoms with E-state index in [0.717, 1.165) is 11.3 Å². The summed E-state index contributed by atoms with van der Waals surface area (Å²) in [6.07, 6.45) is 0. The van der Waals surface area contributed by atoms with Crippen LogP contribution in [0.25, 0.3) is 0 Å². The summed E-state index contributed by atoms with van der Waals surface area (Å²) in [5.41, 5.74) is 4.35. The van der Waals surface area contributed by atoms with Gasteiger partial charge >= 0.3 is 0 Å². The van der Waals surface area contributed by atoms with Gasteiger partial charge < -0.3 is 9.84 Å². The molecule has 0 saturated carbocycles. The first kappa shape index (κ1) is 19.0. The molecule has 1 N–H and O–H groups in total. The smallest absolute Gasteiger partial charge is 0.119 e. The van der Waals surface area contributed by atoms with Crippen molar-refractivity contribution in [3.63, 3.8) is 0 Å². The van der Waals surface area contributed by atoms with Crippen LogP contribution in [0.2, 0.25) is 0 Å². The molecule has 2 heteroatoms. The van der Waals surface area contributed by atoms with Gasteiger partial charge in [0.25, 0.3) is 0 Å². The number of hydrogen-bond acceptors (Lipinski definition) is 2. The Balaban J connectivity index is 1.98. The van der Waals surface area contributed by atoms with Crippen molar-refractivity contribution in [2.75, 3.05) is 13.2 Å². The van der Waals surface area contributed by atoms with E-state index >= 15 is 0 Å². The molecule has 0 aliphatic heterocycles. The van der Waals surface area contributed by atoms with Crippen LogP contribution in [0, 0.1) is 0 Å². The van der Waals surface area contributed by atoms with Gasteiger partial charge in [0.1, 0.15) is 12.4 Å². The number of ether oxygens (including phenoxy) is 1. The topological polar surface area (TPSA) is 29.5 Å². The maximum absolute atomic E-state index is 9.03. The molecule has 0 saturated heterocycles. The molecule has 4 aromatic carbocycles. The van der Waals surface area contributed by atoms with Crippen molar-refractivity contribution in [2.45, 2.75) is 5.41 Å². The molecular weight excluding hydrogens is 356 g/mol. The van der Waals surface area contributed by atoms with Crippen LogP contribution in [0.3, 0.4) is 0 Å². The van der Waals surface area contributed by atoms with Crippen molar-refractivity contribution >= 4 is 0 Å². The van der Waals surface area contributed by atoms with E-state index in [0.29, 0.717) is 6.61 Å². The molecule has 0 atom stereocenters. The zero-order valence-corrected chi connectivity index (χ0v) is 16.2. The largest absolute Gasteiger partial charge is 0.491 e. The molecule has 0 aliphatic carbocycles. The Morgan fingerprint density at radius 2 is 0.897 bits per heavy atom. The van der Waals surface area contributed by atoms with Gasteiger partial charge in [0.05, 0.1) is 12.0 Å². The van der Waals surface area contributed by atoms with E-state index in [9.17, 15) is 0 Å². The third kappa shape index (κ3) is 3.67. The lowest BCUT2D eigenvalue weighted by atomic mass is 9.65. The van der Waals surface area contributed by atoms with Crippen LogP contribution in [0.1, 0.15) is 22.3 Å². The van der Waals surface area contributed by atoms with Gasteiger partial charge in [0.15, 0.2) is 0 Å². The molecule has 144 valence electrons. The maximum atomic E-state index is 9.03. The molecule has 4 aromatic rings. The maximum Gasteiger partial charge on any atom is 0.119 e. The van der Waals surface area contributed by atoms with Crippen LogP contribution in [0.4, 0.5) is 0 Å². The molecular formula is C27H24O2. The highest BCUT2D eigenvalue weighted by Gasteiger charge is 2.38. The number of rotatable bonds is 7. The van der Waals surface area contributed by atoms with E-state index in [1.807, 2.05) is 12.1 Å². The van der Waals surface area contributed by atoms with Crippen molar-refractivity contribution in [3.8, 4) is 5.75 Å². The fraction of sp³-hybridized carbons (Fsp3) is 0.111. The molecule has 0 aliphatic rings. The predicted molar refractivity (Wildman–Crippen MR) is 117 cm³/mol. The Hall–Kier alpha value is -3.36. The minimum atomic E-state index is -0.445. The number of hydrogen-bond donors (Lipinski definition) is 1. The van der Waals surface area contributed by atoms with Gasteiger partial charge in [-0.05, 0) is 34.4 Å². The van der Waals surface area contributed by atoms with Gasteiger partial charge in [-0.1, -0.05) is 103 Å². The van der Waals surface area contributed by atoms with Gasteiger partial charge in [0, 0.05) is 0 Å². The third-order valence-corrected chi connectivity index (χ3v) is 5.27. The van der Waals surface area contributed by atoms with Crippen LogP contribution in [-0.4, -0.2) is 18.3 Å². The van der Waals surface area contributed by atoms with Gasteiger partial charge in [0.2, 0.25) is 0 Å². The standard InChI is InChI=1S/C27H24O2/c28-20-21-29-26-18-16-25(17-19-26)27(22-10-4-1-5-11-22,23-12-6-2-7-13-23)24-14-8-3-9-15-24/h1-19,28H,20-21H2. The first-order valence-corrected chi connectivity index (χ1v) is 9.86. The fourth-order valence-corrected chi connectivity index (χ4v) is 4.03. The van der Waals surface area contributed by atoms with Crippen molar-refractivity contribution in [2.24, 2.45) is 0 Å². The third-order valence-electron chi connectivity index (χ3n) is 5.27. The predicted octanol–water partition coefficient (Wildman–Crippen LogP) is 5.44. The molecule has 0 bridgehead atoms. The van der Waals surface area contributed by atoms with E-state index in [1.165, 1.54) is 16.7 Å². The molecule has 0 heterocycles. The van der Waals surface area contributed by atoms with Crippen molar-refractivity contribution in [1.82, 2.24) is 0 Å². The summed E-state index contributed by atoms with van der Waals surface area (Å²) >= 11 is 0. The highest BCUT2D eigenvalue weighted by molar-refractivity contribution is 5.60. The first-order valence-electron chi connectivity index (χ1n) is 9.86. The average Bonchev–Trinajstić information content (AvgIpc) is 2.81. The second kappa shape index (κ2) is 8.76. The second-order valence-corrected chi connectivity index (χ2v) is 6.94. The summed E-state index contributed by atoms with van der Waals surface area (Å²) in [6.45, 7) is 0.296. The lowest BCUT2D eigenvalue weighted by molar-refractivity contribution is 0.201. The number of aliphatic hydroxyl groups excluding tert-OH is 1. The summed E-state index contributed by atoms with van der Waals surface area (Å²) in [5.74, 6) is 0.755. The van der Waals surface area contributed by atoms with Crippen LogP contribution in [-0.2, 0) is 5.41 Å². The Kier molecular flexibility index (Phi) is 5.73. The van der Waals surface area contributed by atoms with E-state index < -0.39 is 5.41 Å². The molecule has 0 fully saturated rings. The lowest BCUT2D eigenvalue weighted by Gasteiger charge is -2.36. The molecule has 0 unspecified atom stereocenters. The highest BCUT2D eigenvalue weighted by Crippen LogP contribution is 2.45. The van der Waals surface area contributed by atoms with Crippen LogP contribution in [0.5, 0.6) is 5.75 Å². The summed E-state index contributed by atoms with van der Waals surface area (Å²) in [7, 11) is 0. The van der Waals surface area contributed by atoms with Crippen LogP contribution < -0.4 is 4.74 Å². The molecule has 0 radical (unpaired) electrons. The summed E-state index contributed by atoms with van der Waals surface area (Å²) in [6, 6.07) is 40.1. The zero-order chi connectivity index (χ0) is 19.9. The van der Waals surface area contributed by atoms with Gasteiger partial charge in [-0.15, -0.1) is 0 Å². The van der Waals surface area contributed by atoms with E-state index in [-0.39, 0.29) is 6.61 Å². The normalized spacial score (nSPS) is 11.2. The van der Waals surface area contributed by atoms with Crippen LogP contribution >= 0.6 is 0 Å². The number of aliphatic hydroxyl groups is 1. The Bertz CT molecular complexity index is 914. The van der Waals surface area contributed by atoms with Gasteiger partial charge in [-0.2, -0.15) is 0 Å². The Morgan fingerprint density at radius 1 is 0.517 bits per heavy atom. The SMILES string of the molecule is OCCOc1ccc(C(c2ccccc2)(c2ccccc2)c2ccccc2)cc1. The van der Waals surface area contributed by atoms with E-state index in [2.05, 4.69) is 103 Å². The Morgan fingerprint density at radius 3 is 1.28 bits per heavy atom. The molecule has 29 heavy (non-hydrogen) atoms. The monoisotopic (exact) mass is 380 g/mol. The van der Waals surface area contributed by atoms with Crippen molar-refractivity contribution in [1.29, 1.82) is 0 Å². The van der Waals surface area contributed by atoms with Gasteiger partial charge in [-0.3, -0.25) is 0 Å². The molecule has 0 aromatic heterocycles. The van der Waals surface area contributed by atoms with Crippen molar-refractivity contribution < 1.29 is 9.84 Å². The highest BCUT2D eigenvalue weighted by atomic mass is 16.5. The number of benzene rings is 4. The van der Waals surface area contributed by atoms with E-state index in [4.69, 9.17) is 9.84 Å². The van der Waals surface area contributed by atoms with Gasteiger partial charge in [-0.25, -0.2) is 0 Å². The minimum absolute atomic E-state index is 0.00371. The van der Waals surface area contributed by atoms with Crippen LogP contribution in [0.15, 0.2) is 115 Å². The summed E-state index contributed by atoms with van der Waals surface area (Å²) in [4.78, 5) is 0. The fourth-order valence-electron chi connectivity index (χ4n) is 4.03. The molecule has 2 nitrogen and oxygen atoms in total. The lowest BCUT2D eigenvalue weighted by Crippen LogP contribution is -2.30. The Labute approximate surface area is 172 Å². The summed E-state index contributed by atoms with van der Waals surface area (Å²) < 4.78 is 5.59. The molecule has 0 spiro atoms. The van der Waals surface area contributed by atoms with Crippen molar-refractivity contribution in [3.05, 3.63) is 138 Å². The first-order chi connectivity index (χ1) is 14.4.